The number of aromatic nitrogens is 1. The van der Waals surface area contributed by atoms with Crippen molar-refractivity contribution in [1.82, 2.24) is 4.98 Å². The molecular formula is C14H9Br2ClN2S. The molecule has 0 saturated carbocycles. The second-order valence-electron chi connectivity index (χ2n) is 4.34. The molecule has 0 unspecified atom stereocenters. The number of thiazole rings is 1. The molecule has 3 rings (SSSR count). The molecule has 0 saturated heterocycles. The van der Waals surface area contributed by atoms with Crippen LogP contribution >= 0.6 is 54.8 Å². The van der Waals surface area contributed by atoms with Crippen LogP contribution in [0, 0.1) is 6.92 Å². The van der Waals surface area contributed by atoms with Crippen molar-refractivity contribution in [2.75, 3.05) is 5.32 Å². The minimum absolute atomic E-state index is 0.736. The Bertz CT molecular complexity index is 801. The molecule has 0 bridgehead atoms. The second-order valence-corrected chi connectivity index (χ2v) is 7.55. The average Bonchev–Trinajstić information content (AvgIpc) is 2.77. The minimum Gasteiger partial charge on any atom is -0.331 e. The maximum atomic E-state index is 6.17. The molecule has 6 heteroatoms. The third-order valence-corrected chi connectivity index (χ3v) is 5.35. The Hall–Kier alpha value is -0.620. The molecule has 2 nitrogen and oxygen atoms in total. The fourth-order valence-electron chi connectivity index (χ4n) is 1.81. The Balaban J connectivity index is 1.99. The summed E-state index contributed by atoms with van der Waals surface area (Å²) in [5.74, 6) is 0. The molecule has 1 heterocycles. The zero-order valence-electron chi connectivity index (χ0n) is 10.4. The third kappa shape index (κ3) is 2.86. The first kappa shape index (κ1) is 14.3. The van der Waals surface area contributed by atoms with E-state index in [1.807, 2.05) is 31.2 Å². The molecule has 2 aromatic carbocycles. The molecule has 0 aliphatic rings. The zero-order chi connectivity index (χ0) is 14.3. The largest absolute Gasteiger partial charge is 0.331 e. The first-order valence-corrected chi connectivity index (χ1v) is 8.60. The average molecular weight is 433 g/mol. The van der Waals surface area contributed by atoms with E-state index >= 15 is 0 Å². The normalized spacial score (nSPS) is 11.0. The molecule has 0 atom stereocenters. The monoisotopic (exact) mass is 430 g/mol. The van der Waals surface area contributed by atoms with Crippen LogP contribution in [0.3, 0.4) is 0 Å². The number of hydrogen-bond donors (Lipinski definition) is 1. The minimum atomic E-state index is 0.736. The van der Waals surface area contributed by atoms with E-state index in [2.05, 4.69) is 48.2 Å². The predicted octanol–water partition coefficient (Wildman–Crippen LogP) is 6.53. The topological polar surface area (TPSA) is 24.9 Å². The molecule has 1 aromatic heterocycles. The van der Waals surface area contributed by atoms with Crippen LogP contribution in [0.4, 0.5) is 10.8 Å². The van der Waals surface area contributed by atoms with Gasteiger partial charge in [-0.3, -0.25) is 0 Å². The molecule has 102 valence electrons. The van der Waals surface area contributed by atoms with E-state index in [-0.39, 0.29) is 0 Å². The highest BCUT2D eigenvalue weighted by molar-refractivity contribution is 9.10. The number of hydrogen-bond acceptors (Lipinski definition) is 3. The van der Waals surface area contributed by atoms with E-state index in [0.29, 0.717) is 0 Å². The van der Waals surface area contributed by atoms with Gasteiger partial charge in [-0.2, -0.15) is 0 Å². The van der Waals surface area contributed by atoms with Gasteiger partial charge < -0.3 is 5.32 Å². The van der Waals surface area contributed by atoms with Crippen molar-refractivity contribution in [3.05, 3.63) is 49.9 Å². The highest BCUT2D eigenvalue weighted by Gasteiger charge is 2.08. The molecule has 0 amide bonds. The van der Waals surface area contributed by atoms with Crippen molar-refractivity contribution in [2.24, 2.45) is 0 Å². The SMILES string of the molecule is Cc1cc(Br)c(Nc2nc3cc(Br)ccc3s2)cc1Cl. The van der Waals surface area contributed by atoms with Gasteiger partial charge in [0.15, 0.2) is 5.13 Å². The lowest BCUT2D eigenvalue weighted by atomic mass is 10.2. The zero-order valence-corrected chi connectivity index (χ0v) is 15.1. The summed E-state index contributed by atoms with van der Waals surface area (Å²) in [4.78, 5) is 4.58. The van der Waals surface area contributed by atoms with Gasteiger partial charge in [-0.25, -0.2) is 4.98 Å². The van der Waals surface area contributed by atoms with E-state index in [0.717, 1.165) is 40.6 Å². The van der Waals surface area contributed by atoms with Crippen molar-refractivity contribution in [1.29, 1.82) is 0 Å². The van der Waals surface area contributed by atoms with Crippen molar-refractivity contribution in [3.63, 3.8) is 0 Å². The van der Waals surface area contributed by atoms with Crippen molar-refractivity contribution < 1.29 is 0 Å². The maximum Gasteiger partial charge on any atom is 0.188 e. The summed E-state index contributed by atoms with van der Waals surface area (Å²) in [5.41, 5.74) is 2.93. The Morgan fingerprint density at radius 2 is 2.00 bits per heavy atom. The molecule has 3 aromatic rings. The lowest BCUT2D eigenvalue weighted by Crippen LogP contribution is -1.91. The maximum absolute atomic E-state index is 6.17. The second kappa shape index (κ2) is 5.64. The summed E-state index contributed by atoms with van der Waals surface area (Å²) in [6, 6.07) is 9.98. The Morgan fingerprint density at radius 3 is 2.80 bits per heavy atom. The smallest absolute Gasteiger partial charge is 0.188 e. The standard InChI is InChI=1S/C14H9Br2ClN2S/c1-7-4-9(16)11(6-10(7)17)18-14-19-12-5-8(15)2-3-13(12)20-14/h2-6H,1H3,(H,18,19). The van der Waals surface area contributed by atoms with E-state index in [4.69, 9.17) is 11.6 Å². The lowest BCUT2D eigenvalue weighted by Gasteiger charge is -2.07. The molecule has 0 fully saturated rings. The van der Waals surface area contributed by atoms with Gasteiger partial charge in [0.05, 0.1) is 15.9 Å². The number of benzene rings is 2. The van der Waals surface area contributed by atoms with Gasteiger partial charge in [-0.1, -0.05) is 38.9 Å². The van der Waals surface area contributed by atoms with Crippen LogP contribution in [0.25, 0.3) is 10.2 Å². The third-order valence-electron chi connectivity index (χ3n) is 2.84. The molecule has 20 heavy (non-hydrogen) atoms. The van der Waals surface area contributed by atoms with Crippen LogP contribution in [0.5, 0.6) is 0 Å². The van der Waals surface area contributed by atoms with E-state index in [1.165, 1.54) is 0 Å². The number of halogens is 3. The molecule has 0 aliphatic carbocycles. The summed E-state index contributed by atoms with van der Waals surface area (Å²) < 4.78 is 3.14. The number of rotatable bonds is 2. The van der Waals surface area contributed by atoms with Gasteiger partial charge in [0, 0.05) is 14.0 Å². The highest BCUT2D eigenvalue weighted by Crippen LogP contribution is 2.34. The van der Waals surface area contributed by atoms with E-state index in [1.54, 1.807) is 11.3 Å². The van der Waals surface area contributed by atoms with Crippen molar-refractivity contribution in [3.8, 4) is 0 Å². The molecular weight excluding hydrogens is 423 g/mol. The number of fused-ring (bicyclic) bond motifs is 1. The van der Waals surface area contributed by atoms with Gasteiger partial charge >= 0.3 is 0 Å². The van der Waals surface area contributed by atoms with Crippen molar-refractivity contribution >= 4 is 75.8 Å². The predicted molar refractivity (Wildman–Crippen MR) is 94.5 cm³/mol. The first-order valence-electron chi connectivity index (χ1n) is 5.82. The Morgan fingerprint density at radius 1 is 1.20 bits per heavy atom. The van der Waals surface area contributed by atoms with Crippen LogP contribution in [-0.4, -0.2) is 4.98 Å². The number of aryl methyl sites for hydroxylation is 1. The van der Waals surface area contributed by atoms with Crippen LogP contribution in [0.2, 0.25) is 5.02 Å². The number of nitrogens with zero attached hydrogens (tertiary/aromatic N) is 1. The first-order chi connectivity index (χ1) is 9.52. The number of nitrogens with one attached hydrogen (secondary N) is 1. The van der Waals surface area contributed by atoms with Gasteiger partial charge in [0.2, 0.25) is 0 Å². The summed E-state index contributed by atoms with van der Waals surface area (Å²) in [5, 5.41) is 4.89. The molecule has 1 N–H and O–H groups in total. The van der Waals surface area contributed by atoms with E-state index < -0.39 is 0 Å². The fourth-order valence-corrected chi connectivity index (χ4v) is 3.74. The summed E-state index contributed by atoms with van der Waals surface area (Å²) in [7, 11) is 0. The van der Waals surface area contributed by atoms with Crippen LogP contribution in [-0.2, 0) is 0 Å². The quantitative estimate of drug-likeness (QED) is 0.498. The van der Waals surface area contributed by atoms with Gasteiger partial charge in [0.1, 0.15) is 0 Å². The fraction of sp³-hybridized carbons (Fsp3) is 0.0714. The van der Waals surface area contributed by atoms with Gasteiger partial charge in [-0.05, 0) is 58.7 Å². The highest BCUT2D eigenvalue weighted by atomic mass is 79.9. The van der Waals surface area contributed by atoms with E-state index in [9.17, 15) is 0 Å². The summed E-state index contributed by atoms with van der Waals surface area (Å²) >= 11 is 14.8. The van der Waals surface area contributed by atoms with Crippen LogP contribution < -0.4 is 5.32 Å². The number of anilines is 2. The van der Waals surface area contributed by atoms with Gasteiger partial charge in [-0.15, -0.1) is 0 Å². The summed E-state index contributed by atoms with van der Waals surface area (Å²) in [6.07, 6.45) is 0. The van der Waals surface area contributed by atoms with Crippen LogP contribution in [0.1, 0.15) is 5.56 Å². The Kier molecular flexibility index (Phi) is 4.04. The van der Waals surface area contributed by atoms with Crippen molar-refractivity contribution in [2.45, 2.75) is 6.92 Å². The van der Waals surface area contributed by atoms with Crippen LogP contribution in [0.15, 0.2) is 39.3 Å². The van der Waals surface area contributed by atoms with Gasteiger partial charge in [0.25, 0.3) is 0 Å². The molecule has 0 aliphatic heterocycles. The lowest BCUT2D eigenvalue weighted by molar-refractivity contribution is 1.40. The molecule has 0 radical (unpaired) electrons. The summed E-state index contributed by atoms with van der Waals surface area (Å²) in [6.45, 7) is 1.98. The molecule has 0 spiro atoms. The Labute approximate surface area is 142 Å².